The third-order valence-corrected chi connectivity index (χ3v) is 5.88. The minimum Gasteiger partial charge on any atom is -0.491 e. The van der Waals surface area contributed by atoms with Gasteiger partial charge in [-0.3, -0.25) is 9.20 Å². The van der Waals surface area contributed by atoms with Gasteiger partial charge in [0.2, 0.25) is 0 Å². The van der Waals surface area contributed by atoms with Crippen molar-refractivity contribution < 1.29 is 14.3 Å². The Balaban J connectivity index is 1.19. The van der Waals surface area contributed by atoms with Crippen molar-refractivity contribution in [2.24, 2.45) is 0 Å². The summed E-state index contributed by atoms with van der Waals surface area (Å²) in [5.41, 5.74) is 3.25. The highest BCUT2D eigenvalue weighted by atomic mass is 32.1. The second-order valence-corrected chi connectivity index (χ2v) is 8.09. The fourth-order valence-corrected chi connectivity index (χ4v) is 4.16. The first-order chi connectivity index (χ1) is 14.7. The van der Waals surface area contributed by atoms with Crippen molar-refractivity contribution in [1.82, 2.24) is 9.38 Å². The van der Waals surface area contributed by atoms with Crippen LogP contribution >= 0.6 is 11.3 Å². The molecule has 1 amide bonds. The zero-order valence-corrected chi connectivity index (χ0v) is 17.1. The maximum Gasteiger partial charge on any atom is 0.255 e. The normalized spacial score (nSPS) is 16.1. The molecule has 1 N–H and O–H groups in total. The number of thiazole rings is 1. The lowest BCUT2D eigenvalue weighted by molar-refractivity contribution is 0.0679. The number of rotatable bonds is 6. The molecule has 1 saturated heterocycles. The van der Waals surface area contributed by atoms with Crippen LogP contribution in [0.5, 0.6) is 5.75 Å². The average molecular weight is 420 g/mol. The van der Waals surface area contributed by atoms with Gasteiger partial charge < -0.3 is 14.8 Å². The van der Waals surface area contributed by atoms with Crippen LogP contribution in [0, 0.1) is 0 Å². The number of benzene rings is 2. The molecule has 1 fully saturated rings. The number of anilines is 1. The predicted octanol–water partition coefficient (Wildman–Crippen LogP) is 4.87. The molecule has 5 rings (SSSR count). The fraction of sp³-hybridized carbons (Fsp3) is 0.217. The molecule has 30 heavy (non-hydrogen) atoms. The number of ether oxygens (including phenoxy) is 2. The molecule has 0 aliphatic carbocycles. The summed E-state index contributed by atoms with van der Waals surface area (Å²) >= 11 is 1.60. The largest absolute Gasteiger partial charge is 0.491 e. The summed E-state index contributed by atoms with van der Waals surface area (Å²) in [6.45, 7) is 1.36. The molecule has 0 radical (unpaired) electrons. The number of nitrogens with zero attached hydrogens (tertiary/aromatic N) is 2. The standard InChI is InChI=1S/C23H21N3O3S/c27-22(17-5-9-19(10-6-17)29-15-20-2-1-12-28-20)24-18-7-3-16(4-8-18)21-14-26-11-13-30-23(26)25-21/h3-11,13-14,20H,1-2,12,15H2,(H,24,27). The van der Waals surface area contributed by atoms with Gasteiger partial charge in [-0.25, -0.2) is 4.98 Å². The number of nitrogens with one attached hydrogen (secondary N) is 1. The fourth-order valence-electron chi connectivity index (χ4n) is 3.46. The predicted molar refractivity (Wildman–Crippen MR) is 117 cm³/mol. The van der Waals surface area contributed by atoms with Gasteiger partial charge in [-0.1, -0.05) is 12.1 Å². The molecule has 3 heterocycles. The van der Waals surface area contributed by atoms with Gasteiger partial charge in [-0.15, -0.1) is 11.3 Å². The Morgan fingerprint density at radius 3 is 2.77 bits per heavy atom. The van der Waals surface area contributed by atoms with Gasteiger partial charge in [-0.05, 0) is 49.2 Å². The average Bonchev–Trinajstić information content (AvgIpc) is 3.51. The smallest absolute Gasteiger partial charge is 0.255 e. The van der Waals surface area contributed by atoms with E-state index in [0.29, 0.717) is 12.2 Å². The molecule has 2 aromatic carbocycles. The van der Waals surface area contributed by atoms with Crippen molar-refractivity contribution >= 4 is 27.9 Å². The summed E-state index contributed by atoms with van der Waals surface area (Å²) < 4.78 is 13.3. The van der Waals surface area contributed by atoms with E-state index in [1.54, 1.807) is 23.5 Å². The van der Waals surface area contributed by atoms with Crippen molar-refractivity contribution in [2.45, 2.75) is 18.9 Å². The van der Waals surface area contributed by atoms with Gasteiger partial charge in [0.05, 0.1) is 11.8 Å². The number of fused-ring (bicyclic) bond motifs is 1. The number of hydrogen-bond acceptors (Lipinski definition) is 5. The zero-order chi connectivity index (χ0) is 20.3. The van der Waals surface area contributed by atoms with E-state index in [2.05, 4.69) is 10.3 Å². The molecule has 1 aliphatic heterocycles. The third-order valence-electron chi connectivity index (χ3n) is 5.11. The van der Waals surface area contributed by atoms with Crippen molar-refractivity contribution in [3.05, 3.63) is 71.9 Å². The number of carbonyl (C=O) groups excluding carboxylic acids is 1. The highest BCUT2D eigenvalue weighted by Crippen LogP contribution is 2.23. The molecule has 0 saturated carbocycles. The SMILES string of the molecule is O=C(Nc1ccc(-c2cn3ccsc3n2)cc1)c1ccc(OCC2CCCO2)cc1. The van der Waals surface area contributed by atoms with Gasteiger partial charge in [0.25, 0.3) is 5.91 Å². The van der Waals surface area contributed by atoms with E-state index in [1.807, 2.05) is 58.6 Å². The molecule has 152 valence electrons. The van der Waals surface area contributed by atoms with E-state index in [4.69, 9.17) is 9.47 Å². The lowest BCUT2D eigenvalue weighted by atomic mass is 10.1. The monoisotopic (exact) mass is 419 g/mol. The van der Waals surface area contributed by atoms with Gasteiger partial charge in [0.15, 0.2) is 4.96 Å². The van der Waals surface area contributed by atoms with Crippen LogP contribution in [0.2, 0.25) is 0 Å². The van der Waals surface area contributed by atoms with Crippen LogP contribution in [0.3, 0.4) is 0 Å². The van der Waals surface area contributed by atoms with E-state index in [9.17, 15) is 4.79 Å². The molecule has 0 bridgehead atoms. The molecule has 4 aromatic rings. The molecular weight excluding hydrogens is 398 g/mol. The highest BCUT2D eigenvalue weighted by molar-refractivity contribution is 7.15. The summed E-state index contributed by atoms with van der Waals surface area (Å²) in [7, 11) is 0. The number of carbonyl (C=O) groups is 1. The molecule has 7 heteroatoms. The van der Waals surface area contributed by atoms with Gasteiger partial charge in [0.1, 0.15) is 12.4 Å². The molecule has 0 spiro atoms. The lowest BCUT2D eigenvalue weighted by Gasteiger charge is -2.12. The Morgan fingerprint density at radius 2 is 2.03 bits per heavy atom. The minimum atomic E-state index is -0.157. The molecule has 1 unspecified atom stereocenters. The van der Waals surface area contributed by atoms with Crippen LogP contribution in [0.15, 0.2) is 66.3 Å². The van der Waals surface area contributed by atoms with Crippen LogP contribution in [0.4, 0.5) is 5.69 Å². The summed E-state index contributed by atoms with van der Waals surface area (Å²) in [5.74, 6) is 0.585. The van der Waals surface area contributed by atoms with E-state index < -0.39 is 0 Å². The molecular formula is C23H21N3O3S. The van der Waals surface area contributed by atoms with E-state index in [1.165, 1.54) is 0 Å². The van der Waals surface area contributed by atoms with Crippen molar-refractivity contribution in [1.29, 1.82) is 0 Å². The number of amides is 1. The Hall–Kier alpha value is -3.16. The van der Waals surface area contributed by atoms with Crippen LogP contribution in [-0.4, -0.2) is 34.6 Å². The lowest BCUT2D eigenvalue weighted by Crippen LogP contribution is -2.16. The topological polar surface area (TPSA) is 64.9 Å². The van der Waals surface area contributed by atoms with Crippen LogP contribution in [0.1, 0.15) is 23.2 Å². The molecule has 2 aromatic heterocycles. The molecule has 1 aliphatic rings. The molecule has 6 nitrogen and oxygen atoms in total. The summed E-state index contributed by atoms with van der Waals surface area (Å²) in [5, 5.41) is 4.94. The molecule has 1 atom stereocenters. The summed E-state index contributed by atoms with van der Waals surface area (Å²) in [6.07, 6.45) is 6.30. The van der Waals surface area contributed by atoms with Crippen LogP contribution < -0.4 is 10.1 Å². The first kappa shape index (κ1) is 18.8. The van der Waals surface area contributed by atoms with Gasteiger partial charge >= 0.3 is 0 Å². The van der Waals surface area contributed by atoms with Gasteiger partial charge in [0, 0.05) is 41.2 Å². The van der Waals surface area contributed by atoms with E-state index in [-0.39, 0.29) is 12.0 Å². The number of imidazole rings is 1. The number of hydrogen-bond donors (Lipinski definition) is 1. The Kier molecular flexibility index (Phi) is 5.21. The Morgan fingerprint density at radius 1 is 1.20 bits per heavy atom. The van der Waals surface area contributed by atoms with Crippen molar-refractivity contribution in [2.75, 3.05) is 18.5 Å². The second kappa shape index (κ2) is 8.30. The van der Waals surface area contributed by atoms with E-state index >= 15 is 0 Å². The summed E-state index contributed by atoms with van der Waals surface area (Å²) in [6, 6.07) is 14.9. The quantitative estimate of drug-likeness (QED) is 0.484. The number of aromatic nitrogens is 2. The van der Waals surface area contributed by atoms with Crippen molar-refractivity contribution in [3.63, 3.8) is 0 Å². The maximum atomic E-state index is 12.5. The van der Waals surface area contributed by atoms with Crippen molar-refractivity contribution in [3.8, 4) is 17.0 Å². The van der Waals surface area contributed by atoms with E-state index in [0.717, 1.165) is 47.1 Å². The van der Waals surface area contributed by atoms with Crippen LogP contribution in [-0.2, 0) is 4.74 Å². The Labute approximate surface area is 178 Å². The first-order valence-corrected chi connectivity index (χ1v) is 10.8. The first-order valence-electron chi connectivity index (χ1n) is 9.93. The van der Waals surface area contributed by atoms with Crippen LogP contribution in [0.25, 0.3) is 16.2 Å². The minimum absolute atomic E-state index is 0.157. The Bertz CT molecular complexity index is 1110. The maximum absolute atomic E-state index is 12.5. The highest BCUT2D eigenvalue weighted by Gasteiger charge is 2.16. The summed E-state index contributed by atoms with van der Waals surface area (Å²) in [4.78, 5) is 18.1. The zero-order valence-electron chi connectivity index (χ0n) is 16.3. The second-order valence-electron chi connectivity index (χ2n) is 7.22. The van der Waals surface area contributed by atoms with Gasteiger partial charge in [-0.2, -0.15) is 0 Å². The third kappa shape index (κ3) is 4.08.